The van der Waals surface area contributed by atoms with Gasteiger partial charge >= 0.3 is 0 Å². The normalized spacial score (nSPS) is 24.4. The van der Waals surface area contributed by atoms with Crippen molar-refractivity contribution in [3.8, 4) is 0 Å². The van der Waals surface area contributed by atoms with E-state index in [0.717, 1.165) is 39.3 Å². The Kier molecular flexibility index (Phi) is 5.41. The lowest BCUT2D eigenvalue weighted by molar-refractivity contribution is -0.123. The topological polar surface area (TPSA) is 61.6 Å². The Morgan fingerprint density at radius 3 is 2.35 bits per heavy atom. The second kappa shape index (κ2) is 6.87. The van der Waals surface area contributed by atoms with E-state index >= 15 is 0 Å². The van der Waals surface area contributed by atoms with Crippen LogP contribution in [0.1, 0.15) is 33.1 Å². The van der Waals surface area contributed by atoms with E-state index in [1.54, 1.807) is 0 Å². The average Bonchev–Trinajstić information content (AvgIpc) is 3.30. The van der Waals surface area contributed by atoms with Gasteiger partial charge in [-0.25, -0.2) is 0 Å². The molecule has 0 aromatic heterocycles. The number of likely N-dealkylation sites (N-methyl/N-ethyl adjacent to an activating group) is 1. The second-order valence-corrected chi connectivity index (χ2v) is 6.47. The van der Waals surface area contributed by atoms with Gasteiger partial charge in [-0.3, -0.25) is 4.79 Å². The molecule has 20 heavy (non-hydrogen) atoms. The van der Waals surface area contributed by atoms with Crippen molar-refractivity contribution >= 4 is 5.91 Å². The van der Waals surface area contributed by atoms with Crippen molar-refractivity contribution in [2.75, 3.05) is 45.8 Å². The second-order valence-electron chi connectivity index (χ2n) is 6.47. The minimum Gasteiger partial charge on any atom is -0.349 e. The number of nitrogens with two attached hydrogens (primary N) is 1. The van der Waals surface area contributed by atoms with Gasteiger partial charge in [-0.1, -0.05) is 6.92 Å². The molecule has 2 rings (SSSR count). The Morgan fingerprint density at radius 1 is 1.25 bits per heavy atom. The molecule has 2 aliphatic rings. The number of nitrogens with zero attached hydrogens (tertiary/aromatic N) is 2. The number of nitrogens with one attached hydrogen (secondary N) is 1. The monoisotopic (exact) mass is 282 g/mol. The van der Waals surface area contributed by atoms with Gasteiger partial charge in [0.2, 0.25) is 5.91 Å². The van der Waals surface area contributed by atoms with Gasteiger partial charge in [0, 0.05) is 45.7 Å². The summed E-state index contributed by atoms with van der Waals surface area (Å²) >= 11 is 0. The summed E-state index contributed by atoms with van der Waals surface area (Å²) < 4.78 is 0. The fraction of sp³-hybridized carbons (Fsp3) is 0.933. The first-order chi connectivity index (χ1) is 9.57. The molecule has 0 aromatic carbocycles. The van der Waals surface area contributed by atoms with E-state index in [9.17, 15) is 4.79 Å². The Bertz CT molecular complexity index is 324. The molecule has 0 spiro atoms. The van der Waals surface area contributed by atoms with Crippen LogP contribution in [0.15, 0.2) is 0 Å². The van der Waals surface area contributed by atoms with E-state index in [-0.39, 0.29) is 11.4 Å². The van der Waals surface area contributed by atoms with Gasteiger partial charge in [0.1, 0.15) is 0 Å². The van der Waals surface area contributed by atoms with Crippen molar-refractivity contribution in [2.24, 2.45) is 11.7 Å². The summed E-state index contributed by atoms with van der Waals surface area (Å²) in [6.45, 7) is 11.2. The van der Waals surface area contributed by atoms with E-state index < -0.39 is 0 Å². The van der Waals surface area contributed by atoms with Crippen LogP contribution in [-0.2, 0) is 4.79 Å². The summed E-state index contributed by atoms with van der Waals surface area (Å²) in [6, 6.07) is 0. The van der Waals surface area contributed by atoms with Crippen LogP contribution in [0.5, 0.6) is 0 Å². The van der Waals surface area contributed by atoms with E-state index in [1.807, 2.05) is 0 Å². The molecule has 1 aliphatic carbocycles. The number of hydrogen-bond donors (Lipinski definition) is 2. The molecular weight excluding hydrogens is 252 g/mol. The van der Waals surface area contributed by atoms with E-state index in [1.165, 1.54) is 12.8 Å². The first-order valence-corrected chi connectivity index (χ1v) is 8.03. The molecule has 3 N–H and O–H groups in total. The molecule has 1 aliphatic heterocycles. The predicted octanol–water partition coefficient (Wildman–Crippen LogP) is 0.258. The number of carbonyl (C=O) groups excluding carboxylic acids is 1. The van der Waals surface area contributed by atoms with Crippen LogP contribution in [0.4, 0.5) is 0 Å². The maximum absolute atomic E-state index is 12.1. The zero-order chi connectivity index (χ0) is 14.6. The summed E-state index contributed by atoms with van der Waals surface area (Å²) in [5.74, 6) is 0.743. The van der Waals surface area contributed by atoms with Crippen LogP contribution in [0.25, 0.3) is 0 Å². The van der Waals surface area contributed by atoms with Crippen LogP contribution in [0, 0.1) is 5.92 Å². The predicted molar refractivity (Wildman–Crippen MR) is 81.5 cm³/mol. The number of carbonyl (C=O) groups is 1. The van der Waals surface area contributed by atoms with Crippen molar-refractivity contribution in [2.45, 2.75) is 38.6 Å². The summed E-state index contributed by atoms with van der Waals surface area (Å²) in [7, 11) is 0. The maximum atomic E-state index is 12.1. The van der Waals surface area contributed by atoms with Crippen LogP contribution >= 0.6 is 0 Å². The smallest absolute Gasteiger partial charge is 0.221 e. The van der Waals surface area contributed by atoms with Crippen molar-refractivity contribution in [1.29, 1.82) is 0 Å². The van der Waals surface area contributed by atoms with E-state index in [2.05, 4.69) is 29.0 Å². The van der Waals surface area contributed by atoms with Gasteiger partial charge < -0.3 is 20.9 Å². The van der Waals surface area contributed by atoms with Crippen molar-refractivity contribution in [3.05, 3.63) is 0 Å². The number of rotatable bonds is 7. The molecule has 0 bridgehead atoms. The van der Waals surface area contributed by atoms with E-state index in [0.29, 0.717) is 18.9 Å². The lowest BCUT2D eigenvalue weighted by Crippen LogP contribution is -2.54. The highest BCUT2D eigenvalue weighted by Crippen LogP contribution is 2.38. The third kappa shape index (κ3) is 4.17. The molecule has 0 aromatic rings. The molecule has 0 radical (unpaired) electrons. The lowest BCUT2D eigenvalue weighted by Gasteiger charge is -2.34. The fourth-order valence-electron chi connectivity index (χ4n) is 3.01. The zero-order valence-corrected chi connectivity index (χ0v) is 13.0. The molecule has 1 unspecified atom stereocenters. The highest BCUT2D eigenvalue weighted by atomic mass is 16.1. The third-order valence-corrected chi connectivity index (χ3v) is 4.89. The Morgan fingerprint density at radius 2 is 1.85 bits per heavy atom. The van der Waals surface area contributed by atoms with Gasteiger partial charge in [0.25, 0.3) is 0 Å². The number of hydrogen-bond acceptors (Lipinski definition) is 4. The quantitative estimate of drug-likeness (QED) is 0.703. The molecule has 5 heteroatoms. The van der Waals surface area contributed by atoms with Crippen LogP contribution in [0.3, 0.4) is 0 Å². The largest absolute Gasteiger partial charge is 0.349 e. The van der Waals surface area contributed by atoms with Crippen molar-refractivity contribution in [1.82, 2.24) is 15.1 Å². The Balaban J connectivity index is 1.67. The van der Waals surface area contributed by atoms with Gasteiger partial charge in [0.15, 0.2) is 0 Å². The number of piperazine rings is 1. The first-order valence-electron chi connectivity index (χ1n) is 8.03. The number of amides is 1. The summed E-state index contributed by atoms with van der Waals surface area (Å²) in [6.07, 6.45) is 2.99. The maximum Gasteiger partial charge on any atom is 0.221 e. The Hall–Kier alpha value is -0.650. The molecule has 1 atom stereocenters. The molecule has 1 amide bonds. The van der Waals surface area contributed by atoms with Gasteiger partial charge in [-0.15, -0.1) is 0 Å². The summed E-state index contributed by atoms with van der Waals surface area (Å²) in [5.41, 5.74) is 5.65. The SMILES string of the molecule is CCN1CCN(CCC(=O)NC(C)(CN)C2CC2)CC1. The zero-order valence-electron chi connectivity index (χ0n) is 13.0. The highest BCUT2D eigenvalue weighted by Gasteiger charge is 2.41. The van der Waals surface area contributed by atoms with Crippen LogP contribution in [-0.4, -0.2) is 67.1 Å². The molecule has 5 nitrogen and oxygen atoms in total. The van der Waals surface area contributed by atoms with Crippen molar-refractivity contribution < 1.29 is 4.79 Å². The highest BCUT2D eigenvalue weighted by molar-refractivity contribution is 5.77. The fourth-order valence-corrected chi connectivity index (χ4v) is 3.01. The molecule has 2 fully saturated rings. The van der Waals surface area contributed by atoms with Crippen LogP contribution < -0.4 is 11.1 Å². The average molecular weight is 282 g/mol. The summed E-state index contributed by atoms with van der Waals surface area (Å²) in [5, 5.41) is 3.16. The van der Waals surface area contributed by atoms with Crippen molar-refractivity contribution in [3.63, 3.8) is 0 Å². The minimum atomic E-state index is -0.183. The molecule has 1 saturated heterocycles. The van der Waals surface area contributed by atoms with Gasteiger partial charge in [-0.2, -0.15) is 0 Å². The molecule has 1 saturated carbocycles. The van der Waals surface area contributed by atoms with Crippen LogP contribution in [0.2, 0.25) is 0 Å². The third-order valence-electron chi connectivity index (χ3n) is 4.89. The minimum absolute atomic E-state index is 0.155. The molecule has 1 heterocycles. The summed E-state index contributed by atoms with van der Waals surface area (Å²) in [4.78, 5) is 17.0. The first kappa shape index (κ1) is 15.7. The van der Waals surface area contributed by atoms with Gasteiger partial charge in [-0.05, 0) is 32.2 Å². The standard InChI is InChI=1S/C15H30N4O/c1-3-18-8-10-19(11-9-18)7-6-14(20)17-15(2,12-16)13-4-5-13/h13H,3-12,16H2,1-2H3,(H,17,20). The van der Waals surface area contributed by atoms with E-state index in [4.69, 9.17) is 5.73 Å². The molecule has 116 valence electrons. The molecular formula is C15H30N4O. The Labute approximate surface area is 122 Å². The lowest BCUT2D eigenvalue weighted by atomic mass is 9.96. The van der Waals surface area contributed by atoms with Gasteiger partial charge in [0.05, 0.1) is 5.54 Å².